The highest BCUT2D eigenvalue weighted by Crippen LogP contribution is 2.19. The van der Waals surface area contributed by atoms with Gasteiger partial charge in [-0.15, -0.1) is 0 Å². The van der Waals surface area contributed by atoms with Crippen molar-refractivity contribution in [1.29, 1.82) is 0 Å². The average molecular weight is 365 g/mol. The Bertz CT molecular complexity index is 585. The molecule has 0 saturated heterocycles. The number of amides is 2. The van der Waals surface area contributed by atoms with E-state index in [-0.39, 0.29) is 17.9 Å². The van der Waals surface area contributed by atoms with Gasteiger partial charge in [-0.3, -0.25) is 9.59 Å². The van der Waals surface area contributed by atoms with Crippen LogP contribution in [-0.4, -0.2) is 28.8 Å². The van der Waals surface area contributed by atoms with Gasteiger partial charge in [0.2, 0.25) is 11.8 Å². The fourth-order valence-electron chi connectivity index (χ4n) is 3.34. The second kappa shape index (κ2) is 9.81. The average Bonchev–Trinajstić information content (AvgIpc) is 2.60. The van der Waals surface area contributed by atoms with Crippen LogP contribution < -0.4 is 5.32 Å². The second-order valence-electron chi connectivity index (χ2n) is 6.92. The lowest BCUT2D eigenvalue weighted by atomic mass is 9.95. The number of hydrogen-bond donors (Lipinski definition) is 1. The number of carbonyl (C=O) groups is 2. The van der Waals surface area contributed by atoms with Gasteiger partial charge in [-0.25, -0.2) is 0 Å². The lowest BCUT2D eigenvalue weighted by molar-refractivity contribution is -0.141. The molecule has 2 rings (SSSR count). The molecule has 0 aliphatic heterocycles. The molecular weight excluding hydrogens is 336 g/mol. The number of benzene rings is 1. The molecule has 2 amide bonds. The third kappa shape index (κ3) is 6.03. The van der Waals surface area contributed by atoms with Gasteiger partial charge in [0.15, 0.2) is 0 Å². The van der Waals surface area contributed by atoms with E-state index in [1.807, 2.05) is 38.1 Å². The SMILES string of the molecule is CCCC(=O)N(Cc1cccc(Cl)c1)[C@H](C)C(=O)NC1CCCCC1. The molecule has 1 N–H and O–H groups in total. The van der Waals surface area contributed by atoms with E-state index >= 15 is 0 Å². The van der Waals surface area contributed by atoms with Crippen molar-refractivity contribution in [3.63, 3.8) is 0 Å². The van der Waals surface area contributed by atoms with E-state index in [9.17, 15) is 9.59 Å². The predicted molar refractivity (Wildman–Crippen MR) is 101 cm³/mol. The maximum absolute atomic E-state index is 12.7. The maximum atomic E-state index is 12.7. The summed E-state index contributed by atoms with van der Waals surface area (Å²) in [5, 5.41) is 3.77. The first kappa shape index (κ1) is 19.8. The Labute approximate surface area is 155 Å². The Morgan fingerprint density at radius 2 is 2.00 bits per heavy atom. The number of nitrogens with zero attached hydrogens (tertiary/aromatic N) is 1. The minimum atomic E-state index is -0.486. The van der Waals surface area contributed by atoms with Crippen LogP contribution in [-0.2, 0) is 16.1 Å². The molecule has 0 unspecified atom stereocenters. The topological polar surface area (TPSA) is 49.4 Å². The van der Waals surface area contributed by atoms with Crippen molar-refractivity contribution < 1.29 is 9.59 Å². The van der Waals surface area contributed by atoms with E-state index in [0.29, 0.717) is 18.0 Å². The van der Waals surface area contributed by atoms with Gasteiger partial charge in [0, 0.05) is 24.0 Å². The summed E-state index contributed by atoms with van der Waals surface area (Å²) < 4.78 is 0. The fourth-order valence-corrected chi connectivity index (χ4v) is 3.55. The normalized spacial score (nSPS) is 16.3. The first-order valence-corrected chi connectivity index (χ1v) is 9.73. The van der Waals surface area contributed by atoms with Gasteiger partial charge in [-0.1, -0.05) is 49.9 Å². The molecule has 1 atom stereocenters. The molecular formula is C20H29ClN2O2. The molecule has 0 radical (unpaired) electrons. The fraction of sp³-hybridized carbons (Fsp3) is 0.600. The second-order valence-corrected chi connectivity index (χ2v) is 7.36. The van der Waals surface area contributed by atoms with Gasteiger partial charge in [-0.2, -0.15) is 0 Å². The van der Waals surface area contributed by atoms with Crippen molar-refractivity contribution >= 4 is 23.4 Å². The van der Waals surface area contributed by atoms with E-state index in [4.69, 9.17) is 11.6 Å². The number of carbonyl (C=O) groups excluding carboxylic acids is 2. The quantitative estimate of drug-likeness (QED) is 0.783. The Morgan fingerprint density at radius 1 is 1.28 bits per heavy atom. The maximum Gasteiger partial charge on any atom is 0.242 e. The van der Waals surface area contributed by atoms with Crippen LogP contribution in [0.4, 0.5) is 0 Å². The van der Waals surface area contributed by atoms with Crippen LogP contribution in [0.25, 0.3) is 0 Å². The van der Waals surface area contributed by atoms with Crippen molar-refractivity contribution in [2.45, 2.75) is 77.4 Å². The van der Waals surface area contributed by atoms with Gasteiger partial charge >= 0.3 is 0 Å². The van der Waals surface area contributed by atoms with Crippen LogP contribution in [0.15, 0.2) is 24.3 Å². The molecule has 1 aliphatic carbocycles. The van der Waals surface area contributed by atoms with E-state index < -0.39 is 6.04 Å². The number of rotatable bonds is 7. The van der Waals surface area contributed by atoms with Gasteiger partial charge in [0.05, 0.1) is 0 Å². The lowest BCUT2D eigenvalue weighted by Crippen LogP contribution is -2.50. The molecule has 1 aromatic rings. The minimum absolute atomic E-state index is 0.00812. The highest BCUT2D eigenvalue weighted by atomic mass is 35.5. The van der Waals surface area contributed by atoms with Crippen LogP contribution in [0.2, 0.25) is 5.02 Å². The summed E-state index contributed by atoms with van der Waals surface area (Å²) in [6.45, 7) is 4.19. The summed E-state index contributed by atoms with van der Waals surface area (Å²) in [5.74, 6) is -0.0489. The van der Waals surface area contributed by atoms with Gasteiger partial charge in [0.1, 0.15) is 6.04 Å². The number of halogens is 1. The van der Waals surface area contributed by atoms with Gasteiger partial charge < -0.3 is 10.2 Å². The zero-order valence-electron chi connectivity index (χ0n) is 15.3. The Kier molecular flexibility index (Phi) is 7.76. The first-order valence-electron chi connectivity index (χ1n) is 9.35. The Hall–Kier alpha value is -1.55. The lowest BCUT2D eigenvalue weighted by Gasteiger charge is -2.31. The molecule has 1 fully saturated rings. The van der Waals surface area contributed by atoms with Gasteiger partial charge in [0.25, 0.3) is 0 Å². The van der Waals surface area contributed by atoms with Crippen LogP contribution >= 0.6 is 11.6 Å². The molecule has 1 aromatic carbocycles. The third-order valence-corrected chi connectivity index (χ3v) is 5.06. The zero-order chi connectivity index (χ0) is 18.2. The zero-order valence-corrected chi connectivity index (χ0v) is 16.0. The highest BCUT2D eigenvalue weighted by molar-refractivity contribution is 6.30. The molecule has 25 heavy (non-hydrogen) atoms. The molecule has 1 saturated carbocycles. The third-order valence-electron chi connectivity index (χ3n) is 4.82. The number of nitrogens with one attached hydrogen (secondary N) is 1. The number of hydrogen-bond acceptors (Lipinski definition) is 2. The first-order chi connectivity index (χ1) is 12.0. The summed E-state index contributed by atoms with van der Waals surface area (Å²) in [7, 11) is 0. The van der Waals surface area contributed by atoms with E-state index in [1.54, 1.807) is 4.90 Å². The summed E-state index contributed by atoms with van der Waals surface area (Å²) in [6.07, 6.45) is 6.87. The summed E-state index contributed by atoms with van der Waals surface area (Å²) >= 11 is 6.06. The molecule has 0 aromatic heterocycles. The van der Waals surface area contributed by atoms with Crippen molar-refractivity contribution in [3.05, 3.63) is 34.9 Å². The van der Waals surface area contributed by atoms with Crippen molar-refractivity contribution in [3.8, 4) is 0 Å². The standard InChI is InChI=1S/C20H29ClN2O2/c1-3-8-19(24)23(14-16-9-7-10-17(21)13-16)15(2)20(25)22-18-11-5-4-6-12-18/h7,9-10,13,15,18H,3-6,8,11-12,14H2,1-2H3,(H,22,25)/t15-/m1/s1. The van der Waals surface area contributed by atoms with Crippen molar-refractivity contribution in [2.24, 2.45) is 0 Å². The molecule has 5 heteroatoms. The van der Waals surface area contributed by atoms with Crippen LogP contribution in [0.3, 0.4) is 0 Å². The summed E-state index contributed by atoms with van der Waals surface area (Å²) in [5.41, 5.74) is 0.939. The summed E-state index contributed by atoms with van der Waals surface area (Å²) in [4.78, 5) is 26.9. The molecule has 138 valence electrons. The van der Waals surface area contributed by atoms with Crippen LogP contribution in [0, 0.1) is 0 Å². The molecule has 0 spiro atoms. The molecule has 1 aliphatic rings. The van der Waals surface area contributed by atoms with Crippen LogP contribution in [0.5, 0.6) is 0 Å². The predicted octanol–water partition coefficient (Wildman–Crippen LogP) is 4.31. The summed E-state index contributed by atoms with van der Waals surface area (Å²) in [6, 6.07) is 7.22. The molecule has 0 heterocycles. The largest absolute Gasteiger partial charge is 0.352 e. The molecule has 0 bridgehead atoms. The van der Waals surface area contributed by atoms with Crippen molar-refractivity contribution in [1.82, 2.24) is 10.2 Å². The molecule has 4 nitrogen and oxygen atoms in total. The Balaban J connectivity index is 2.07. The smallest absolute Gasteiger partial charge is 0.242 e. The van der Waals surface area contributed by atoms with Gasteiger partial charge in [-0.05, 0) is 43.9 Å². The highest BCUT2D eigenvalue weighted by Gasteiger charge is 2.27. The van der Waals surface area contributed by atoms with E-state index in [2.05, 4.69) is 5.32 Å². The Morgan fingerprint density at radius 3 is 2.64 bits per heavy atom. The monoisotopic (exact) mass is 364 g/mol. The van der Waals surface area contributed by atoms with E-state index in [0.717, 1.165) is 24.8 Å². The van der Waals surface area contributed by atoms with Crippen LogP contribution in [0.1, 0.15) is 64.4 Å². The van der Waals surface area contributed by atoms with Crippen molar-refractivity contribution in [2.75, 3.05) is 0 Å². The minimum Gasteiger partial charge on any atom is -0.352 e. The van der Waals surface area contributed by atoms with E-state index in [1.165, 1.54) is 19.3 Å².